The summed E-state index contributed by atoms with van der Waals surface area (Å²) in [7, 11) is 0. The van der Waals surface area contributed by atoms with Crippen molar-refractivity contribution in [2.45, 2.75) is 23.9 Å². The Bertz CT molecular complexity index is 1540. The number of aromatic nitrogens is 2. The van der Waals surface area contributed by atoms with E-state index in [-0.39, 0.29) is 11.3 Å². The molecule has 0 aliphatic rings. The second-order valence-electron chi connectivity index (χ2n) is 7.28. The molecule has 6 nitrogen and oxygen atoms in total. The number of thiophene rings is 1. The summed E-state index contributed by atoms with van der Waals surface area (Å²) >= 11 is 2.80. The molecule has 0 aliphatic heterocycles. The lowest BCUT2D eigenvalue weighted by Gasteiger charge is -2.12. The summed E-state index contributed by atoms with van der Waals surface area (Å²) in [6.07, 6.45) is 0.712. The third kappa shape index (κ3) is 4.06. The van der Waals surface area contributed by atoms with Gasteiger partial charge >= 0.3 is 5.63 Å². The minimum absolute atomic E-state index is 0.0322. The number of thioether (sulfide) groups is 1. The van der Waals surface area contributed by atoms with E-state index in [1.807, 2.05) is 41.8 Å². The lowest BCUT2D eigenvalue weighted by atomic mass is 10.1. The maximum Gasteiger partial charge on any atom is 0.336 e. The first-order valence-corrected chi connectivity index (χ1v) is 11.9. The fraction of sp³-hybridized carbons (Fsp3) is 0.125. The van der Waals surface area contributed by atoms with Crippen molar-refractivity contribution < 1.29 is 9.52 Å². The van der Waals surface area contributed by atoms with Crippen LogP contribution in [0.3, 0.4) is 0 Å². The van der Waals surface area contributed by atoms with Gasteiger partial charge in [-0.05, 0) is 41.1 Å². The molecule has 0 bridgehead atoms. The van der Waals surface area contributed by atoms with Crippen LogP contribution in [-0.4, -0.2) is 14.7 Å². The number of rotatable bonds is 6. The van der Waals surface area contributed by atoms with Crippen LogP contribution in [0.4, 0.5) is 0 Å². The van der Waals surface area contributed by atoms with Crippen molar-refractivity contribution in [2.24, 2.45) is 0 Å². The van der Waals surface area contributed by atoms with Crippen molar-refractivity contribution in [1.29, 1.82) is 0 Å². The van der Waals surface area contributed by atoms with Crippen LogP contribution < -0.4 is 11.2 Å². The Balaban J connectivity index is 1.51. The fourth-order valence-electron chi connectivity index (χ4n) is 3.60. The predicted octanol–water partition coefficient (Wildman–Crippen LogP) is 4.81. The Kier molecular flexibility index (Phi) is 5.55. The van der Waals surface area contributed by atoms with Gasteiger partial charge in [0.25, 0.3) is 5.56 Å². The van der Waals surface area contributed by atoms with Crippen LogP contribution in [-0.2, 0) is 18.7 Å². The van der Waals surface area contributed by atoms with Gasteiger partial charge in [-0.25, -0.2) is 9.78 Å². The van der Waals surface area contributed by atoms with Crippen LogP contribution in [0, 0.1) is 0 Å². The highest BCUT2D eigenvalue weighted by Gasteiger charge is 2.14. The highest BCUT2D eigenvalue weighted by Crippen LogP contribution is 2.28. The van der Waals surface area contributed by atoms with E-state index in [0.29, 0.717) is 39.7 Å². The van der Waals surface area contributed by atoms with E-state index in [1.54, 1.807) is 16.7 Å². The number of benzene rings is 2. The number of fused-ring (bicyclic) bond motifs is 2. The molecule has 160 valence electrons. The Morgan fingerprint density at radius 1 is 1.06 bits per heavy atom. The first-order valence-electron chi connectivity index (χ1n) is 9.99. The molecular weight excluding hydrogens is 444 g/mol. The van der Waals surface area contributed by atoms with Crippen LogP contribution >= 0.6 is 23.1 Å². The summed E-state index contributed by atoms with van der Waals surface area (Å²) in [5.41, 5.74) is 2.38. The summed E-state index contributed by atoms with van der Waals surface area (Å²) in [5, 5.41) is 12.9. The maximum absolute atomic E-state index is 13.2. The minimum Gasteiger partial charge on any atom is -0.508 e. The maximum atomic E-state index is 13.2. The highest BCUT2D eigenvalue weighted by molar-refractivity contribution is 7.98. The van der Waals surface area contributed by atoms with Crippen LogP contribution in [0.25, 0.3) is 21.2 Å². The van der Waals surface area contributed by atoms with E-state index in [2.05, 4.69) is 0 Å². The summed E-state index contributed by atoms with van der Waals surface area (Å²) in [5.74, 6) is 0.463. The molecule has 0 saturated carbocycles. The van der Waals surface area contributed by atoms with E-state index >= 15 is 0 Å². The molecule has 0 fully saturated rings. The van der Waals surface area contributed by atoms with Crippen LogP contribution in [0.5, 0.6) is 5.75 Å². The first-order chi connectivity index (χ1) is 15.6. The molecule has 0 aliphatic carbocycles. The number of nitrogens with zero attached hydrogens (tertiary/aromatic N) is 2. The van der Waals surface area contributed by atoms with E-state index in [0.717, 1.165) is 16.5 Å². The SMILES string of the molecule is O=c1cc(CSc2nc3ccsc3c(=O)n2CCc2ccccc2)c2ccc(O)cc2o1. The number of aryl methyl sites for hydroxylation is 1. The molecule has 8 heteroatoms. The van der Waals surface area contributed by atoms with Crippen molar-refractivity contribution in [2.75, 3.05) is 0 Å². The zero-order chi connectivity index (χ0) is 22.1. The predicted molar refractivity (Wildman–Crippen MR) is 128 cm³/mol. The van der Waals surface area contributed by atoms with Gasteiger partial charge in [-0.15, -0.1) is 11.3 Å². The normalized spacial score (nSPS) is 11.4. The smallest absolute Gasteiger partial charge is 0.336 e. The molecule has 1 N–H and O–H groups in total. The van der Waals surface area contributed by atoms with Gasteiger partial charge in [0, 0.05) is 29.8 Å². The average molecular weight is 463 g/mol. The van der Waals surface area contributed by atoms with Crippen LogP contribution in [0.1, 0.15) is 11.1 Å². The molecule has 2 aromatic carbocycles. The van der Waals surface area contributed by atoms with Gasteiger partial charge in [0.1, 0.15) is 16.0 Å². The topological polar surface area (TPSA) is 85.3 Å². The highest BCUT2D eigenvalue weighted by atomic mass is 32.2. The van der Waals surface area contributed by atoms with Crippen molar-refractivity contribution in [1.82, 2.24) is 9.55 Å². The molecule has 0 unspecified atom stereocenters. The Labute approximate surface area is 190 Å². The summed E-state index contributed by atoms with van der Waals surface area (Å²) < 4.78 is 7.58. The number of hydrogen-bond acceptors (Lipinski definition) is 7. The number of phenols is 1. The monoisotopic (exact) mass is 462 g/mol. The Morgan fingerprint density at radius 2 is 1.91 bits per heavy atom. The molecular formula is C24H18N2O4S2. The van der Waals surface area contributed by atoms with Gasteiger partial charge < -0.3 is 9.52 Å². The van der Waals surface area contributed by atoms with Crippen LogP contribution in [0.2, 0.25) is 0 Å². The third-order valence-electron chi connectivity index (χ3n) is 5.17. The molecule has 0 amide bonds. The molecule has 0 saturated heterocycles. The van der Waals surface area contributed by atoms with Gasteiger partial charge in [0.05, 0.1) is 5.52 Å². The lowest BCUT2D eigenvalue weighted by molar-refractivity contribution is 0.473. The Hall–Kier alpha value is -3.36. The molecule has 32 heavy (non-hydrogen) atoms. The molecule has 3 heterocycles. The fourth-order valence-corrected chi connectivity index (χ4v) is 5.39. The number of aromatic hydroxyl groups is 1. The molecule has 5 rings (SSSR count). The minimum atomic E-state index is -0.485. The van der Waals surface area contributed by atoms with Crippen molar-refractivity contribution in [3.8, 4) is 5.75 Å². The molecule has 0 atom stereocenters. The van der Waals surface area contributed by atoms with Gasteiger partial charge in [0.2, 0.25) is 0 Å². The molecule has 5 aromatic rings. The van der Waals surface area contributed by atoms with E-state index in [1.165, 1.54) is 35.2 Å². The van der Waals surface area contributed by atoms with Gasteiger partial charge in [-0.2, -0.15) is 0 Å². The van der Waals surface area contributed by atoms with E-state index in [9.17, 15) is 14.7 Å². The number of phenolic OH excluding ortho intramolecular Hbond substituents is 1. The third-order valence-corrected chi connectivity index (χ3v) is 7.09. The second kappa shape index (κ2) is 8.64. The Morgan fingerprint density at radius 3 is 2.75 bits per heavy atom. The van der Waals surface area contributed by atoms with E-state index < -0.39 is 5.63 Å². The first kappa shape index (κ1) is 20.5. The van der Waals surface area contributed by atoms with Crippen LogP contribution in [0.15, 0.2) is 85.2 Å². The molecule has 3 aromatic heterocycles. The quantitative estimate of drug-likeness (QED) is 0.222. The summed E-state index contributed by atoms with van der Waals surface area (Å²) in [6.45, 7) is 0.511. The van der Waals surface area contributed by atoms with Crippen molar-refractivity contribution >= 4 is 44.3 Å². The van der Waals surface area contributed by atoms with Gasteiger partial charge in [0.15, 0.2) is 5.16 Å². The average Bonchev–Trinajstić information content (AvgIpc) is 3.26. The van der Waals surface area contributed by atoms with Gasteiger partial charge in [-0.3, -0.25) is 9.36 Å². The van der Waals surface area contributed by atoms with Crippen molar-refractivity contribution in [3.63, 3.8) is 0 Å². The summed E-state index contributed by atoms with van der Waals surface area (Å²) in [4.78, 5) is 29.9. The van der Waals surface area contributed by atoms with E-state index in [4.69, 9.17) is 9.40 Å². The molecule has 0 radical (unpaired) electrons. The number of hydrogen-bond donors (Lipinski definition) is 1. The van der Waals surface area contributed by atoms with Gasteiger partial charge in [-0.1, -0.05) is 42.1 Å². The summed E-state index contributed by atoms with van der Waals surface area (Å²) in [6, 6.07) is 18.0. The zero-order valence-corrected chi connectivity index (χ0v) is 18.5. The second-order valence-corrected chi connectivity index (χ2v) is 9.14. The van der Waals surface area contributed by atoms with Crippen molar-refractivity contribution in [3.05, 3.63) is 97.9 Å². The zero-order valence-electron chi connectivity index (χ0n) is 16.9. The largest absolute Gasteiger partial charge is 0.508 e. The lowest BCUT2D eigenvalue weighted by Crippen LogP contribution is -2.23. The standard InChI is InChI=1S/C24H18N2O4S2/c27-17-6-7-18-16(12-21(28)30-20(18)13-17)14-32-24-25-19-9-11-31-22(19)23(29)26(24)10-8-15-4-2-1-3-5-15/h1-7,9,11-13,27H,8,10,14H2. The molecule has 0 spiro atoms.